The van der Waals surface area contributed by atoms with Crippen molar-refractivity contribution < 1.29 is 17.9 Å². The van der Waals surface area contributed by atoms with E-state index in [1.165, 1.54) is 4.90 Å². The number of ether oxygens (including phenoxy) is 1. The van der Waals surface area contributed by atoms with Gasteiger partial charge in [-0.05, 0) is 49.1 Å². The normalized spacial score (nSPS) is 16.2. The van der Waals surface area contributed by atoms with Crippen LogP contribution in [-0.2, 0) is 6.42 Å². The fraction of sp³-hybridized carbons (Fsp3) is 0.409. The Bertz CT molecular complexity index is 847. The fourth-order valence-electron chi connectivity index (χ4n) is 3.13. The van der Waals surface area contributed by atoms with E-state index in [4.69, 9.17) is 16.3 Å². The predicted molar refractivity (Wildman–Crippen MR) is 121 cm³/mol. The molecule has 0 N–H and O–H groups in total. The molecular weight excluding hydrogens is 481 g/mol. The van der Waals surface area contributed by atoms with E-state index in [0.717, 1.165) is 15.8 Å². The first-order valence-electron chi connectivity index (χ1n) is 9.50. The highest BCUT2D eigenvalue weighted by Crippen LogP contribution is 2.28. The van der Waals surface area contributed by atoms with Crippen molar-refractivity contribution in [1.82, 2.24) is 4.90 Å². The molecule has 1 aliphatic heterocycles. The molecule has 0 amide bonds. The van der Waals surface area contributed by atoms with Crippen molar-refractivity contribution in [3.63, 3.8) is 0 Å². The second-order valence-corrected chi connectivity index (χ2v) is 8.55. The van der Waals surface area contributed by atoms with Crippen molar-refractivity contribution in [3.05, 3.63) is 64.2 Å². The summed E-state index contributed by atoms with van der Waals surface area (Å²) in [4.78, 5) is 5.60. The second-order valence-electron chi connectivity index (χ2n) is 6.94. The smallest absolute Gasteiger partial charge is 0.405 e. The summed E-state index contributed by atoms with van der Waals surface area (Å²) in [5, 5.41) is -0.196. The first kappa shape index (κ1) is 24.5. The quantitative estimate of drug-likeness (QED) is 0.289. The van der Waals surface area contributed by atoms with Crippen LogP contribution in [0, 0.1) is 0 Å². The third-order valence-corrected chi connectivity index (χ3v) is 5.14. The molecule has 1 unspecified atom stereocenters. The number of aliphatic imine (C=N–C) groups is 1. The van der Waals surface area contributed by atoms with Gasteiger partial charge in [-0.3, -0.25) is 4.99 Å². The lowest BCUT2D eigenvalue weighted by molar-refractivity contribution is -0.136. The number of alkyl halides is 4. The van der Waals surface area contributed by atoms with Crippen LogP contribution in [0.25, 0.3) is 0 Å². The van der Waals surface area contributed by atoms with E-state index >= 15 is 0 Å². The third kappa shape index (κ3) is 7.51. The first-order valence-corrected chi connectivity index (χ1v) is 10.7. The number of hydrogen-bond donors (Lipinski definition) is 0. The van der Waals surface area contributed by atoms with Gasteiger partial charge >= 0.3 is 6.18 Å². The Morgan fingerprint density at radius 1 is 1.43 bits per heavy atom. The van der Waals surface area contributed by atoms with E-state index < -0.39 is 12.7 Å². The number of hydrogen-bond acceptors (Lipinski definition) is 3. The van der Waals surface area contributed by atoms with Crippen LogP contribution in [0.2, 0.25) is 0 Å². The highest BCUT2D eigenvalue weighted by molar-refractivity contribution is 9.10. The Morgan fingerprint density at radius 3 is 2.80 bits per heavy atom. The van der Waals surface area contributed by atoms with Crippen molar-refractivity contribution in [2.24, 2.45) is 4.99 Å². The molecule has 2 rings (SSSR count). The second kappa shape index (κ2) is 11.0. The average Bonchev–Trinajstić information content (AvgIpc) is 3.09. The Morgan fingerprint density at radius 2 is 2.17 bits per heavy atom. The molecule has 1 aromatic rings. The van der Waals surface area contributed by atoms with Gasteiger partial charge in [-0.2, -0.15) is 13.2 Å². The Hall–Kier alpha value is -1.73. The lowest BCUT2D eigenvalue weighted by Crippen LogP contribution is -2.37. The maximum absolute atomic E-state index is 13.0. The van der Waals surface area contributed by atoms with Crippen LogP contribution in [0.3, 0.4) is 0 Å². The highest BCUT2D eigenvalue weighted by atomic mass is 79.9. The van der Waals surface area contributed by atoms with Gasteiger partial charge in [0.05, 0.1) is 13.7 Å². The van der Waals surface area contributed by atoms with Gasteiger partial charge in [0.1, 0.15) is 18.1 Å². The van der Waals surface area contributed by atoms with Crippen molar-refractivity contribution >= 4 is 33.4 Å². The molecule has 1 heterocycles. The number of amidine groups is 1. The molecule has 0 spiro atoms. The Kier molecular flexibility index (Phi) is 9.04. The summed E-state index contributed by atoms with van der Waals surface area (Å²) in [7, 11) is 1.60. The van der Waals surface area contributed by atoms with Crippen LogP contribution in [0.1, 0.15) is 18.9 Å². The lowest BCUT2D eigenvalue weighted by atomic mass is 9.97. The van der Waals surface area contributed by atoms with Crippen molar-refractivity contribution in [1.29, 1.82) is 0 Å². The van der Waals surface area contributed by atoms with Gasteiger partial charge in [-0.25, -0.2) is 0 Å². The summed E-state index contributed by atoms with van der Waals surface area (Å²) in [6.07, 6.45) is 2.11. The summed E-state index contributed by atoms with van der Waals surface area (Å²) >= 11 is 9.41. The van der Waals surface area contributed by atoms with E-state index in [2.05, 4.69) is 27.5 Å². The third-order valence-electron chi connectivity index (χ3n) is 4.50. The Labute approximate surface area is 189 Å². The number of methoxy groups -OCH3 is 1. The number of allylic oxidation sites excluding steroid dienone is 3. The monoisotopic (exact) mass is 504 g/mol. The zero-order valence-corrected chi connectivity index (χ0v) is 19.3. The van der Waals surface area contributed by atoms with Crippen LogP contribution in [0.5, 0.6) is 5.75 Å². The molecule has 1 aliphatic rings. The maximum atomic E-state index is 13.0. The molecule has 0 bridgehead atoms. The predicted octanol–water partition coefficient (Wildman–Crippen LogP) is 6.33. The summed E-state index contributed by atoms with van der Waals surface area (Å²) in [6, 6.07) is 5.73. The van der Waals surface area contributed by atoms with Crippen molar-refractivity contribution in [2.45, 2.75) is 31.3 Å². The molecule has 30 heavy (non-hydrogen) atoms. The van der Waals surface area contributed by atoms with Gasteiger partial charge in [0.25, 0.3) is 0 Å². The summed E-state index contributed by atoms with van der Waals surface area (Å²) < 4.78 is 45.4. The summed E-state index contributed by atoms with van der Waals surface area (Å²) in [5.74, 6) is 1.08. The fourth-order valence-corrected chi connectivity index (χ4v) is 3.62. The van der Waals surface area contributed by atoms with Gasteiger partial charge in [-0.15, -0.1) is 11.6 Å². The molecule has 0 aliphatic carbocycles. The molecule has 0 saturated carbocycles. The van der Waals surface area contributed by atoms with Gasteiger partial charge in [-0.1, -0.05) is 40.7 Å². The molecule has 3 nitrogen and oxygen atoms in total. The summed E-state index contributed by atoms with van der Waals surface area (Å²) in [5.41, 5.74) is 2.29. The topological polar surface area (TPSA) is 24.8 Å². The number of halogens is 5. The summed E-state index contributed by atoms with van der Waals surface area (Å²) in [6.45, 7) is 5.47. The lowest BCUT2D eigenvalue weighted by Gasteiger charge is -2.24. The minimum atomic E-state index is -4.30. The van der Waals surface area contributed by atoms with Gasteiger partial charge in [0, 0.05) is 22.0 Å². The van der Waals surface area contributed by atoms with Crippen LogP contribution >= 0.6 is 27.5 Å². The number of nitrogens with zero attached hydrogens (tertiary/aromatic N) is 2. The largest absolute Gasteiger partial charge is 0.496 e. The molecule has 0 saturated heterocycles. The highest BCUT2D eigenvalue weighted by Gasteiger charge is 2.34. The van der Waals surface area contributed by atoms with Crippen LogP contribution < -0.4 is 4.74 Å². The molecular formula is C22H25BrClF3N2O. The van der Waals surface area contributed by atoms with E-state index in [0.29, 0.717) is 36.4 Å². The SMILES string of the molecule is C=C(CCc1cc(Br)ccc1OC)/C(=C\C=C/C(C)Cl)C1=NCCN1CC(F)(F)F. The first-order chi connectivity index (χ1) is 14.1. The van der Waals surface area contributed by atoms with Crippen LogP contribution in [-0.4, -0.2) is 49.0 Å². The van der Waals surface area contributed by atoms with E-state index in [-0.39, 0.29) is 11.9 Å². The van der Waals surface area contributed by atoms with Gasteiger partial charge in [0.15, 0.2) is 0 Å². The number of benzene rings is 1. The van der Waals surface area contributed by atoms with Gasteiger partial charge in [0.2, 0.25) is 0 Å². The number of aryl methyl sites for hydroxylation is 1. The molecule has 1 atom stereocenters. The zero-order valence-electron chi connectivity index (χ0n) is 17.0. The van der Waals surface area contributed by atoms with Crippen molar-refractivity contribution in [2.75, 3.05) is 26.7 Å². The average molecular weight is 506 g/mol. The molecule has 8 heteroatoms. The Balaban J connectivity index is 2.25. The minimum Gasteiger partial charge on any atom is -0.496 e. The minimum absolute atomic E-state index is 0.196. The van der Waals surface area contributed by atoms with E-state index in [1.807, 2.05) is 25.1 Å². The molecule has 0 fully saturated rings. The molecule has 0 aromatic heterocycles. The number of rotatable bonds is 9. The van der Waals surface area contributed by atoms with E-state index in [9.17, 15) is 13.2 Å². The maximum Gasteiger partial charge on any atom is 0.405 e. The molecule has 0 radical (unpaired) electrons. The van der Waals surface area contributed by atoms with E-state index in [1.54, 1.807) is 25.3 Å². The zero-order chi connectivity index (χ0) is 22.3. The molecule has 164 valence electrons. The van der Waals surface area contributed by atoms with Crippen molar-refractivity contribution in [3.8, 4) is 5.75 Å². The van der Waals surface area contributed by atoms with Crippen LogP contribution in [0.15, 0.2) is 63.6 Å². The standard InChI is InChI=1S/C22H25BrClF3N2O/c1-15(7-8-17-13-18(23)9-10-20(17)30-3)19(6-4-5-16(2)24)21-28-11-12-29(21)14-22(25,26)27/h4-6,9-10,13,16H,1,7-8,11-12,14H2,2-3H3/b5-4-,19-6+. The molecule has 1 aromatic carbocycles. The van der Waals surface area contributed by atoms with Gasteiger partial charge < -0.3 is 9.64 Å². The van der Waals surface area contributed by atoms with Crippen LogP contribution in [0.4, 0.5) is 13.2 Å².